The van der Waals surface area contributed by atoms with Gasteiger partial charge in [-0.3, -0.25) is 4.79 Å². The Hall–Kier alpha value is -2.16. The zero-order valence-corrected chi connectivity index (χ0v) is 9.27. The first kappa shape index (κ1) is 11.3. The second-order valence-electron chi connectivity index (χ2n) is 3.80. The quantitative estimate of drug-likeness (QED) is 0.803. The highest BCUT2D eigenvalue weighted by molar-refractivity contribution is 5.98. The highest BCUT2D eigenvalue weighted by Crippen LogP contribution is 2.26. The molecule has 0 aliphatic rings. The number of phenols is 1. The number of carbonyl (C=O) groups excluding carboxylic acids is 1. The maximum atomic E-state index is 12.8. The number of halogens is 1. The lowest BCUT2D eigenvalue weighted by Crippen LogP contribution is -1.93. The van der Waals surface area contributed by atoms with E-state index in [2.05, 4.69) is 0 Å². The van der Waals surface area contributed by atoms with E-state index in [1.807, 2.05) is 0 Å². The fraction of sp³-hybridized carbons (Fsp3) is 0.0714. The van der Waals surface area contributed by atoms with Crippen molar-refractivity contribution in [3.8, 4) is 16.9 Å². The van der Waals surface area contributed by atoms with Gasteiger partial charge < -0.3 is 5.11 Å². The third-order valence-electron chi connectivity index (χ3n) is 2.55. The number of carbonyl (C=O) groups is 1. The zero-order valence-electron chi connectivity index (χ0n) is 9.27. The molecule has 86 valence electrons. The van der Waals surface area contributed by atoms with E-state index in [0.29, 0.717) is 0 Å². The van der Waals surface area contributed by atoms with Crippen LogP contribution in [-0.4, -0.2) is 10.9 Å². The van der Waals surface area contributed by atoms with E-state index >= 15 is 0 Å². The van der Waals surface area contributed by atoms with Crippen LogP contribution in [0.25, 0.3) is 11.1 Å². The molecule has 0 bridgehead atoms. The van der Waals surface area contributed by atoms with Crippen molar-refractivity contribution >= 4 is 5.78 Å². The van der Waals surface area contributed by atoms with Gasteiger partial charge in [0.05, 0.1) is 5.56 Å². The smallest absolute Gasteiger partial charge is 0.163 e. The molecule has 0 aliphatic carbocycles. The van der Waals surface area contributed by atoms with Crippen molar-refractivity contribution in [1.29, 1.82) is 0 Å². The molecule has 2 nitrogen and oxygen atoms in total. The molecule has 3 heteroatoms. The van der Waals surface area contributed by atoms with Crippen LogP contribution in [0.15, 0.2) is 42.5 Å². The fourth-order valence-corrected chi connectivity index (χ4v) is 1.64. The molecule has 0 unspecified atom stereocenters. The molecule has 17 heavy (non-hydrogen) atoms. The number of benzene rings is 2. The van der Waals surface area contributed by atoms with Crippen molar-refractivity contribution in [3.05, 3.63) is 53.8 Å². The minimum absolute atomic E-state index is 0.0386. The van der Waals surface area contributed by atoms with Crippen LogP contribution in [0.2, 0.25) is 0 Å². The summed E-state index contributed by atoms with van der Waals surface area (Å²) in [5, 5.41) is 9.52. The molecular formula is C14H11FO2. The fourth-order valence-electron chi connectivity index (χ4n) is 1.64. The lowest BCUT2D eigenvalue weighted by atomic mass is 10.0. The summed E-state index contributed by atoms with van der Waals surface area (Å²) < 4.78 is 12.8. The molecule has 0 radical (unpaired) electrons. The van der Waals surface area contributed by atoms with Crippen molar-refractivity contribution < 1.29 is 14.3 Å². The largest absolute Gasteiger partial charge is 0.507 e. The Labute approximate surface area is 98.3 Å². The zero-order chi connectivity index (χ0) is 12.4. The summed E-state index contributed by atoms with van der Waals surface area (Å²) in [7, 11) is 0. The first-order valence-corrected chi connectivity index (χ1v) is 5.18. The predicted octanol–water partition coefficient (Wildman–Crippen LogP) is 3.40. The van der Waals surface area contributed by atoms with Gasteiger partial charge in [-0.25, -0.2) is 4.39 Å². The number of phenolic OH excluding ortho intramolecular Hbond substituents is 1. The SMILES string of the molecule is CC(=O)c1cc(-c2ccc(F)cc2)ccc1O. The first-order valence-electron chi connectivity index (χ1n) is 5.18. The minimum Gasteiger partial charge on any atom is -0.507 e. The highest BCUT2D eigenvalue weighted by atomic mass is 19.1. The van der Waals surface area contributed by atoms with E-state index in [4.69, 9.17) is 0 Å². The topological polar surface area (TPSA) is 37.3 Å². The molecule has 2 aromatic carbocycles. The monoisotopic (exact) mass is 230 g/mol. The van der Waals surface area contributed by atoms with Gasteiger partial charge in [-0.15, -0.1) is 0 Å². The number of rotatable bonds is 2. The number of aromatic hydroxyl groups is 1. The molecule has 2 aromatic rings. The summed E-state index contributed by atoms with van der Waals surface area (Å²) in [5.41, 5.74) is 1.84. The second kappa shape index (κ2) is 4.37. The number of Topliss-reactive ketones (excluding diaryl/α,β-unsaturated/α-hetero) is 1. The van der Waals surface area contributed by atoms with Gasteiger partial charge in [0, 0.05) is 0 Å². The Kier molecular flexibility index (Phi) is 2.91. The number of hydrogen-bond acceptors (Lipinski definition) is 2. The highest BCUT2D eigenvalue weighted by Gasteiger charge is 2.08. The normalized spacial score (nSPS) is 10.2. The Morgan fingerprint density at radius 2 is 1.65 bits per heavy atom. The van der Waals surface area contributed by atoms with Crippen LogP contribution in [0.4, 0.5) is 4.39 Å². The Morgan fingerprint density at radius 3 is 2.24 bits per heavy atom. The van der Waals surface area contributed by atoms with Crippen LogP contribution in [0, 0.1) is 5.82 Å². The van der Waals surface area contributed by atoms with Crippen LogP contribution in [0.5, 0.6) is 5.75 Å². The summed E-state index contributed by atoms with van der Waals surface area (Å²) >= 11 is 0. The van der Waals surface area contributed by atoms with Gasteiger partial charge in [-0.1, -0.05) is 18.2 Å². The molecule has 0 amide bonds. The van der Waals surface area contributed by atoms with Crippen LogP contribution >= 0.6 is 0 Å². The third-order valence-corrected chi connectivity index (χ3v) is 2.55. The van der Waals surface area contributed by atoms with E-state index in [-0.39, 0.29) is 22.9 Å². The molecule has 0 aromatic heterocycles. The molecule has 2 rings (SSSR count). The lowest BCUT2D eigenvalue weighted by Gasteiger charge is -2.05. The van der Waals surface area contributed by atoms with Crippen molar-refractivity contribution in [2.24, 2.45) is 0 Å². The maximum Gasteiger partial charge on any atom is 0.163 e. The Balaban J connectivity index is 2.50. The molecule has 0 saturated heterocycles. The molecule has 1 N–H and O–H groups in total. The summed E-state index contributed by atoms with van der Waals surface area (Å²) in [4.78, 5) is 11.3. The third kappa shape index (κ3) is 2.33. The Morgan fingerprint density at radius 1 is 1.06 bits per heavy atom. The van der Waals surface area contributed by atoms with Crippen LogP contribution < -0.4 is 0 Å². The molecule has 0 aliphatic heterocycles. The average molecular weight is 230 g/mol. The van der Waals surface area contributed by atoms with E-state index in [1.165, 1.54) is 25.1 Å². The molecule has 0 saturated carbocycles. The second-order valence-corrected chi connectivity index (χ2v) is 3.80. The maximum absolute atomic E-state index is 12.8. The molecule has 0 heterocycles. The van der Waals surface area contributed by atoms with E-state index in [1.54, 1.807) is 24.3 Å². The molecule has 0 atom stereocenters. The van der Waals surface area contributed by atoms with Crippen molar-refractivity contribution in [2.75, 3.05) is 0 Å². The number of ketones is 1. The minimum atomic E-state index is -0.306. The summed E-state index contributed by atoms with van der Waals surface area (Å²) in [6, 6.07) is 10.7. The van der Waals surface area contributed by atoms with E-state index in [0.717, 1.165) is 11.1 Å². The number of hydrogen-bond donors (Lipinski definition) is 1. The van der Waals surface area contributed by atoms with Gasteiger partial charge >= 0.3 is 0 Å². The van der Waals surface area contributed by atoms with Gasteiger partial charge in [-0.05, 0) is 42.3 Å². The molecule has 0 spiro atoms. The van der Waals surface area contributed by atoms with Crippen molar-refractivity contribution in [3.63, 3.8) is 0 Å². The molecular weight excluding hydrogens is 219 g/mol. The summed E-state index contributed by atoms with van der Waals surface area (Å²) in [6.07, 6.45) is 0. The molecule has 0 fully saturated rings. The van der Waals surface area contributed by atoms with Crippen LogP contribution in [0.1, 0.15) is 17.3 Å². The lowest BCUT2D eigenvalue weighted by molar-refractivity contribution is 0.101. The van der Waals surface area contributed by atoms with Gasteiger partial charge in [0.1, 0.15) is 11.6 Å². The summed E-state index contributed by atoms with van der Waals surface area (Å²) in [6.45, 7) is 1.39. The first-order chi connectivity index (χ1) is 8.08. The Bertz CT molecular complexity index is 559. The van der Waals surface area contributed by atoms with Gasteiger partial charge in [-0.2, -0.15) is 0 Å². The standard InChI is InChI=1S/C14H11FO2/c1-9(16)13-8-11(4-7-14(13)17)10-2-5-12(15)6-3-10/h2-8,17H,1H3. The van der Waals surface area contributed by atoms with Gasteiger partial charge in [0.2, 0.25) is 0 Å². The van der Waals surface area contributed by atoms with Gasteiger partial charge in [0.15, 0.2) is 5.78 Å². The summed E-state index contributed by atoms with van der Waals surface area (Å²) in [5.74, 6) is -0.547. The van der Waals surface area contributed by atoms with Crippen LogP contribution in [0.3, 0.4) is 0 Å². The van der Waals surface area contributed by atoms with E-state index in [9.17, 15) is 14.3 Å². The van der Waals surface area contributed by atoms with Crippen molar-refractivity contribution in [1.82, 2.24) is 0 Å². The van der Waals surface area contributed by atoms with Crippen molar-refractivity contribution in [2.45, 2.75) is 6.92 Å². The predicted molar refractivity (Wildman–Crippen MR) is 63.5 cm³/mol. The van der Waals surface area contributed by atoms with Crippen LogP contribution in [-0.2, 0) is 0 Å². The van der Waals surface area contributed by atoms with E-state index < -0.39 is 0 Å². The average Bonchev–Trinajstić information content (AvgIpc) is 2.30. The van der Waals surface area contributed by atoms with Gasteiger partial charge in [0.25, 0.3) is 0 Å².